The SMILES string of the molecule is Cc1ccccc1CNc1ncc2c(n1)-c1ccccc1C1(CCN(C(=O)Nc3cccc(C#N)c3)CC1)C2. The molecular formula is C32H30N6O. The van der Waals surface area contributed by atoms with Crippen molar-refractivity contribution < 1.29 is 4.79 Å². The maximum absolute atomic E-state index is 13.0. The average molecular weight is 515 g/mol. The summed E-state index contributed by atoms with van der Waals surface area (Å²) in [5.74, 6) is 0.634. The van der Waals surface area contributed by atoms with Gasteiger partial charge in [0.1, 0.15) is 0 Å². The number of likely N-dealkylation sites (tertiary alicyclic amines) is 1. The lowest BCUT2D eigenvalue weighted by molar-refractivity contribution is 0.166. The van der Waals surface area contributed by atoms with E-state index >= 15 is 0 Å². The number of carbonyl (C=O) groups excluding carboxylic acids is 1. The molecule has 1 spiro atoms. The van der Waals surface area contributed by atoms with Gasteiger partial charge in [0, 0.05) is 42.5 Å². The van der Waals surface area contributed by atoms with E-state index in [0.29, 0.717) is 36.8 Å². The fraction of sp³-hybridized carbons (Fsp3) is 0.250. The van der Waals surface area contributed by atoms with E-state index in [0.717, 1.165) is 36.1 Å². The highest BCUT2D eigenvalue weighted by Crippen LogP contribution is 2.48. The predicted octanol–water partition coefficient (Wildman–Crippen LogP) is 6.06. The summed E-state index contributed by atoms with van der Waals surface area (Å²) in [5.41, 5.74) is 8.20. The Morgan fingerprint density at radius 2 is 1.85 bits per heavy atom. The zero-order valence-electron chi connectivity index (χ0n) is 21.9. The summed E-state index contributed by atoms with van der Waals surface area (Å²) < 4.78 is 0. The Morgan fingerprint density at radius 3 is 2.67 bits per heavy atom. The molecule has 0 radical (unpaired) electrons. The zero-order chi connectivity index (χ0) is 26.8. The summed E-state index contributed by atoms with van der Waals surface area (Å²) in [5, 5.41) is 15.5. The first-order valence-corrected chi connectivity index (χ1v) is 13.3. The number of hydrogen-bond donors (Lipinski definition) is 2. The molecule has 4 aromatic rings. The molecule has 0 atom stereocenters. The number of amides is 2. The number of rotatable bonds is 4. The van der Waals surface area contributed by atoms with Gasteiger partial charge in [0.15, 0.2) is 0 Å². The van der Waals surface area contributed by atoms with Crippen LogP contribution in [0.1, 0.15) is 40.7 Å². The highest BCUT2D eigenvalue weighted by molar-refractivity contribution is 5.89. The standard InChI is InChI=1S/C32H30N6O/c1-22-7-2-3-9-24(22)20-34-30-35-21-25-18-32(28-12-5-4-11-27(28)29(25)37-30)13-15-38(16-14-32)31(39)36-26-10-6-8-23(17-26)19-33/h2-12,17,21H,13-16,18,20H2,1H3,(H,36,39)(H,34,35,37). The number of urea groups is 1. The van der Waals surface area contributed by atoms with E-state index < -0.39 is 0 Å². The Balaban J connectivity index is 1.19. The summed E-state index contributed by atoms with van der Waals surface area (Å²) in [6.07, 6.45) is 4.56. The van der Waals surface area contributed by atoms with Crippen LogP contribution in [0.25, 0.3) is 11.3 Å². The number of nitrogens with one attached hydrogen (secondary N) is 2. The maximum atomic E-state index is 13.0. The molecule has 1 aliphatic carbocycles. The van der Waals surface area contributed by atoms with Crippen LogP contribution in [0.5, 0.6) is 0 Å². The van der Waals surface area contributed by atoms with Crippen LogP contribution in [0.4, 0.5) is 16.4 Å². The Kier molecular flexibility index (Phi) is 6.45. The molecule has 0 bridgehead atoms. The van der Waals surface area contributed by atoms with E-state index in [2.05, 4.69) is 71.1 Å². The molecule has 2 N–H and O–H groups in total. The minimum atomic E-state index is -0.128. The van der Waals surface area contributed by atoms with Crippen molar-refractivity contribution in [3.63, 3.8) is 0 Å². The lowest BCUT2D eigenvalue weighted by atomic mass is 9.64. The largest absolute Gasteiger partial charge is 0.350 e. The van der Waals surface area contributed by atoms with Crippen LogP contribution in [-0.2, 0) is 18.4 Å². The van der Waals surface area contributed by atoms with Crippen LogP contribution >= 0.6 is 0 Å². The number of nitrogens with zero attached hydrogens (tertiary/aromatic N) is 4. The molecule has 1 aliphatic heterocycles. The molecule has 3 aromatic carbocycles. The van der Waals surface area contributed by atoms with Gasteiger partial charge in [0.25, 0.3) is 0 Å². The van der Waals surface area contributed by atoms with Gasteiger partial charge < -0.3 is 15.5 Å². The number of aryl methyl sites for hydroxylation is 1. The van der Waals surface area contributed by atoms with Crippen LogP contribution in [0.3, 0.4) is 0 Å². The predicted molar refractivity (Wildman–Crippen MR) is 152 cm³/mol. The third-order valence-electron chi connectivity index (χ3n) is 8.10. The van der Waals surface area contributed by atoms with Gasteiger partial charge in [-0.05, 0) is 66.6 Å². The third kappa shape index (κ3) is 4.82. The summed E-state index contributed by atoms with van der Waals surface area (Å²) >= 11 is 0. The average Bonchev–Trinajstić information content (AvgIpc) is 2.97. The molecule has 1 aromatic heterocycles. The maximum Gasteiger partial charge on any atom is 0.321 e. The number of nitriles is 1. The molecule has 1 saturated heterocycles. The zero-order valence-corrected chi connectivity index (χ0v) is 21.9. The number of aromatic nitrogens is 2. The molecule has 2 aliphatic rings. The molecule has 39 heavy (non-hydrogen) atoms. The van der Waals surface area contributed by atoms with Gasteiger partial charge in [-0.3, -0.25) is 0 Å². The van der Waals surface area contributed by atoms with Gasteiger partial charge >= 0.3 is 6.03 Å². The Morgan fingerprint density at radius 1 is 1.05 bits per heavy atom. The quantitative estimate of drug-likeness (QED) is 0.345. The van der Waals surface area contributed by atoms with Crippen LogP contribution < -0.4 is 10.6 Å². The minimum Gasteiger partial charge on any atom is -0.350 e. The van der Waals surface area contributed by atoms with Crippen LogP contribution in [-0.4, -0.2) is 34.0 Å². The van der Waals surface area contributed by atoms with Gasteiger partial charge in [-0.1, -0.05) is 54.6 Å². The van der Waals surface area contributed by atoms with E-state index in [1.807, 2.05) is 23.2 Å². The first kappa shape index (κ1) is 24.6. The van der Waals surface area contributed by atoms with E-state index in [4.69, 9.17) is 10.2 Å². The first-order valence-electron chi connectivity index (χ1n) is 13.3. The van der Waals surface area contributed by atoms with Crippen LogP contribution in [0, 0.1) is 18.3 Å². The molecule has 194 valence electrons. The Labute approximate surface area is 228 Å². The van der Waals surface area contributed by atoms with Crippen molar-refractivity contribution in [1.29, 1.82) is 5.26 Å². The van der Waals surface area contributed by atoms with Crippen molar-refractivity contribution in [2.45, 2.75) is 38.1 Å². The smallest absolute Gasteiger partial charge is 0.321 e. The Bertz CT molecular complexity index is 1580. The molecular weight excluding hydrogens is 484 g/mol. The van der Waals surface area contributed by atoms with E-state index in [1.54, 1.807) is 18.2 Å². The van der Waals surface area contributed by atoms with Crippen molar-refractivity contribution in [2.75, 3.05) is 23.7 Å². The minimum absolute atomic E-state index is 0.0550. The Hall–Kier alpha value is -4.70. The number of benzene rings is 3. The number of piperidine rings is 1. The molecule has 0 saturated carbocycles. The van der Waals surface area contributed by atoms with Gasteiger partial charge in [-0.15, -0.1) is 0 Å². The van der Waals surface area contributed by atoms with Gasteiger partial charge in [0.2, 0.25) is 5.95 Å². The molecule has 6 rings (SSSR count). The second-order valence-corrected chi connectivity index (χ2v) is 10.5. The first-order chi connectivity index (χ1) is 19.0. The van der Waals surface area contributed by atoms with Crippen molar-refractivity contribution in [1.82, 2.24) is 14.9 Å². The third-order valence-corrected chi connectivity index (χ3v) is 8.10. The number of anilines is 2. The molecule has 2 amide bonds. The van der Waals surface area contributed by atoms with Crippen LogP contribution in [0.2, 0.25) is 0 Å². The number of fused-ring (bicyclic) bond motifs is 4. The molecule has 0 unspecified atom stereocenters. The second kappa shape index (κ2) is 10.2. The topological polar surface area (TPSA) is 93.9 Å². The number of hydrogen-bond acceptors (Lipinski definition) is 5. The monoisotopic (exact) mass is 514 g/mol. The summed E-state index contributed by atoms with van der Waals surface area (Å²) in [7, 11) is 0. The lowest BCUT2D eigenvalue weighted by Crippen LogP contribution is -2.48. The molecule has 7 heteroatoms. The van der Waals surface area contributed by atoms with Gasteiger partial charge in [-0.2, -0.15) is 5.26 Å². The summed E-state index contributed by atoms with van der Waals surface area (Å²) in [6, 6.07) is 25.9. The van der Waals surface area contributed by atoms with Crippen molar-refractivity contribution in [3.05, 3.63) is 107 Å². The second-order valence-electron chi connectivity index (χ2n) is 10.5. The van der Waals surface area contributed by atoms with E-state index in [1.165, 1.54) is 16.7 Å². The molecule has 1 fully saturated rings. The van der Waals surface area contributed by atoms with E-state index in [9.17, 15) is 4.79 Å². The fourth-order valence-corrected chi connectivity index (χ4v) is 5.90. The van der Waals surface area contributed by atoms with Gasteiger partial charge in [-0.25, -0.2) is 14.8 Å². The van der Waals surface area contributed by atoms with Crippen molar-refractivity contribution in [3.8, 4) is 17.3 Å². The molecule has 2 heterocycles. The van der Waals surface area contributed by atoms with Gasteiger partial charge in [0.05, 0.1) is 17.3 Å². The molecule has 7 nitrogen and oxygen atoms in total. The summed E-state index contributed by atoms with van der Waals surface area (Å²) in [4.78, 5) is 24.5. The summed E-state index contributed by atoms with van der Waals surface area (Å²) in [6.45, 7) is 4.10. The highest BCUT2D eigenvalue weighted by Gasteiger charge is 2.42. The normalized spacial score (nSPS) is 15.1. The van der Waals surface area contributed by atoms with Crippen molar-refractivity contribution >= 4 is 17.7 Å². The fourth-order valence-electron chi connectivity index (χ4n) is 5.90. The van der Waals surface area contributed by atoms with Crippen molar-refractivity contribution in [2.24, 2.45) is 0 Å². The van der Waals surface area contributed by atoms with Crippen LogP contribution in [0.15, 0.2) is 79.0 Å². The highest BCUT2D eigenvalue weighted by atomic mass is 16.2. The van der Waals surface area contributed by atoms with E-state index in [-0.39, 0.29) is 11.4 Å². The number of carbonyl (C=O) groups is 1. The lowest BCUT2D eigenvalue weighted by Gasteiger charge is -2.45.